The SMILES string of the molecule is CC(C)C[C@H](CN1CCC(NC(=O)[C@H](CC(C)C)NC(=O)OCc2ccncc2)C(O)C1)NC(=O)OCc1ccccc1. The summed E-state index contributed by atoms with van der Waals surface area (Å²) in [6.07, 6.45) is 2.98. The second-order valence-electron chi connectivity index (χ2n) is 12.0. The molecule has 236 valence electrons. The summed E-state index contributed by atoms with van der Waals surface area (Å²) in [5.74, 6) is 0.142. The van der Waals surface area contributed by atoms with Crippen LogP contribution in [0.3, 0.4) is 0 Å². The van der Waals surface area contributed by atoms with Gasteiger partial charge in [-0.2, -0.15) is 0 Å². The number of likely N-dealkylation sites (tertiary alicyclic amines) is 1. The van der Waals surface area contributed by atoms with E-state index >= 15 is 0 Å². The average Bonchev–Trinajstić information content (AvgIpc) is 2.96. The average molecular weight is 598 g/mol. The van der Waals surface area contributed by atoms with Crippen molar-refractivity contribution in [2.45, 2.75) is 84.4 Å². The lowest BCUT2D eigenvalue weighted by atomic mass is 9.97. The van der Waals surface area contributed by atoms with Gasteiger partial charge in [-0.15, -0.1) is 0 Å². The van der Waals surface area contributed by atoms with Gasteiger partial charge in [-0.1, -0.05) is 58.0 Å². The van der Waals surface area contributed by atoms with Crippen LogP contribution in [0.1, 0.15) is 58.1 Å². The highest BCUT2D eigenvalue weighted by Crippen LogP contribution is 2.16. The van der Waals surface area contributed by atoms with Crippen LogP contribution in [0, 0.1) is 11.8 Å². The number of carbonyl (C=O) groups is 3. The van der Waals surface area contributed by atoms with E-state index in [1.807, 2.05) is 44.2 Å². The fourth-order valence-corrected chi connectivity index (χ4v) is 5.12. The number of pyridine rings is 1. The summed E-state index contributed by atoms with van der Waals surface area (Å²) in [4.78, 5) is 44.2. The largest absolute Gasteiger partial charge is 0.445 e. The van der Waals surface area contributed by atoms with Crippen molar-refractivity contribution in [3.63, 3.8) is 0 Å². The van der Waals surface area contributed by atoms with Gasteiger partial charge in [0.2, 0.25) is 5.91 Å². The van der Waals surface area contributed by atoms with E-state index in [2.05, 4.69) is 39.7 Å². The molecule has 0 aliphatic carbocycles. The van der Waals surface area contributed by atoms with Crippen molar-refractivity contribution in [1.82, 2.24) is 25.8 Å². The lowest BCUT2D eigenvalue weighted by Crippen LogP contribution is -2.59. The van der Waals surface area contributed by atoms with Crippen LogP contribution in [0.25, 0.3) is 0 Å². The monoisotopic (exact) mass is 597 g/mol. The summed E-state index contributed by atoms with van der Waals surface area (Å²) in [5, 5.41) is 19.6. The van der Waals surface area contributed by atoms with Gasteiger partial charge in [0.25, 0.3) is 0 Å². The van der Waals surface area contributed by atoms with Crippen LogP contribution in [0.5, 0.6) is 0 Å². The number of aliphatic hydroxyl groups is 1. The Hall–Kier alpha value is -3.70. The minimum absolute atomic E-state index is 0.0684. The molecule has 1 aliphatic heterocycles. The third kappa shape index (κ3) is 12.6. The predicted octanol–water partition coefficient (Wildman–Crippen LogP) is 3.62. The number of aliphatic hydroxyl groups excluding tert-OH is 1. The molecule has 1 fully saturated rings. The van der Waals surface area contributed by atoms with Gasteiger partial charge in [0, 0.05) is 38.1 Å². The summed E-state index contributed by atoms with van der Waals surface area (Å²) in [7, 11) is 0. The summed E-state index contributed by atoms with van der Waals surface area (Å²) >= 11 is 0. The van der Waals surface area contributed by atoms with Crippen LogP contribution < -0.4 is 16.0 Å². The highest BCUT2D eigenvalue weighted by atomic mass is 16.6. The Morgan fingerprint density at radius 1 is 0.907 bits per heavy atom. The lowest BCUT2D eigenvalue weighted by Gasteiger charge is -2.38. The van der Waals surface area contributed by atoms with Crippen LogP contribution in [-0.4, -0.2) is 76.9 Å². The lowest BCUT2D eigenvalue weighted by molar-refractivity contribution is -0.125. The molecule has 1 saturated heterocycles. The third-order valence-corrected chi connectivity index (χ3v) is 7.20. The summed E-state index contributed by atoms with van der Waals surface area (Å²) in [5.41, 5.74) is 1.71. The molecule has 1 aromatic carbocycles. The molecule has 0 radical (unpaired) electrons. The van der Waals surface area contributed by atoms with Gasteiger partial charge in [-0.3, -0.25) is 14.7 Å². The first kappa shape index (κ1) is 33.8. The molecule has 1 aromatic heterocycles. The number of piperidine rings is 1. The van der Waals surface area contributed by atoms with E-state index in [0.29, 0.717) is 38.4 Å². The smallest absolute Gasteiger partial charge is 0.408 e. The van der Waals surface area contributed by atoms with Crippen LogP contribution in [0.15, 0.2) is 54.9 Å². The van der Waals surface area contributed by atoms with Crippen molar-refractivity contribution in [3.05, 3.63) is 66.0 Å². The number of alkyl carbamates (subject to hydrolysis) is 2. The first-order valence-corrected chi connectivity index (χ1v) is 15.1. The number of hydrogen-bond donors (Lipinski definition) is 4. The van der Waals surface area contributed by atoms with Crippen LogP contribution in [0.2, 0.25) is 0 Å². The molecule has 4 N–H and O–H groups in total. The molecule has 2 aromatic rings. The molecule has 43 heavy (non-hydrogen) atoms. The quantitative estimate of drug-likeness (QED) is 0.259. The first-order valence-electron chi connectivity index (χ1n) is 15.1. The second-order valence-corrected chi connectivity index (χ2v) is 12.0. The van der Waals surface area contributed by atoms with Crippen LogP contribution in [-0.2, 0) is 27.5 Å². The van der Waals surface area contributed by atoms with Gasteiger partial charge in [0.1, 0.15) is 19.3 Å². The summed E-state index contributed by atoms with van der Waals surface area (Å²) in [6.45, 7) is 9.92. The van der Waals surface area contributed by atoms with Crippen molar-refractivity contribution in [1.29, 1.82) is 0 Å². The molecular formula is C32H47N5O6. The van der Waals surface area contributed by atoms with E-state index in [9.17, 15) is 19.5 Å². The highest BCUT2D eigenvalue weighted by molar-refractivity contribution is 5.85. The fourth-order valence-electron chi connectivity index (χ4n) is 5.12. The minimum atomic E-state index is -0.805. The first-order chi connectivity index (χ1) is 20.6. The number of rotatable bonds is 14. The van der Waals surface area contributed by atoms with Crippen molar-refractivity contribution in [2.75, 3.05) is 19.6 Å². The second kappa shape index (κ2) is 17.4. The van der Waals surface area contributed by atoms with Crippen molar-refractivity contribution in [3.8, 4) is 0 Å². The van der Waals surface area contributed by atoms with E-state index in [1.54, 1.807) is 24.5 Å². The number of β-amino-alcohol motifs (C(OH)–C–C–N with tert-alkyl or cyclic N) is 1. The number of amides is 3. The normalized spacial score (nSPS) is 18.5. The zero-order chi connectivity index (χ0) is 31.2. The molecule has 11 heteroatoms. The van der Waals surface area contributed by atoms with Gasteiger partial charge >= 0.3 is 12.2 Å². The van der Waals surface area contributed by atoms with Crippen molar-refractivity contribution in [2.24, 2.45) is 11.8 Å². The standard InChI is InChI=1S/C32H47N5O6/c1-22(2)16-26(34-31(40)42-20-24-8-6-5-7-9-24)18-37-15-12-27(29(38)19-37)35-30(39)28(17-23(3)4)36-32(41)43-21-25-10-13-33-14-11-25/h5-11,13-14,22-23,26-29,38H,12,15-21H2,1-4H3,(H,34,40)(H,35,39)(H,36,41)/t26-,27?,28+,29?/m1/s1. The minimum Gasteiger partial charge on any atom is -0.445 e. The van der Waals surface area contributed by atoms with E-state index in [1.165, 1.54) is 0 Å². The van der Waals surface area contributed by atoms with E-state index in [4.69, 9.17) is 9.47 Å². The van der Waals surface area contributed by atoms with E-state index in [-0.39, 0.29) is 31.1 Å². The summed E-state index contributed by atoms with van der Waals surface area (Å²) < 4.78 is 10.7. The van der Waals surface area contributed by atoms with E-state index in [0.717, 1.165) is 17.5 Å². The zero-order valence-corrected chi connectivity index (χ0v) is 25.7. The van der Waals surface area contributed by atoms with Gasteiger partial charge in [0.05, 0.1) is 12.1 Å². The Morgan fingerprint density at radius 2 is 1.51 bits per heavy atom. The zero-order valence-electron chi connectivity index (χ0n) is 25.7. The maximum Gasteiger partial charge on any atom is 0.408 e. The number of carbonyl (C=O) groups excluding carboxylic acids is 3. The number of nitrogens with zero attached hydrogens (tertiary/aromatic N) is 2. The molecule has 3 rings (SSSR count). The summed E-state index contributed by atoms with van der Waals surface area (Å²) in [6, 6.07) is 11.6. The molecule has 2 heterocycles. The van der Waals surface area contributed by atoms with Crippen LogP contribution >= 0.6 is 0 Å². The Morgan fingerprint density at radius 3 is 2.12 bits per heavy atom. The molecule has 1 aliphatic rings. The topological polar surface area (TPSA) is 142 Å². The van der Waals surface area contributed by atoms with Gasteiger partial charge in [0.15, 0.2) is 0 Å². The van der Waals surface area contributed by atoms with E-state index < -0.39 is 30.4 Å². The Balaban J connectivity index is 1.48. The fraction of sp³-hybridized carbons (Fsp3) is 0.562. The molecule has 0 bridgehead atoms. The molecule has 0 saturated carbocycles. The number of ether oxygens (including phenoxy) is 2. The third-order valence-electron chi connectivity index (χ3n) is 7.20. The Labute approximate surface area is 254 Å². The predicted molar refractivity (Wildman–Crippen MR) is 163 cm³/mol. The van der Waals surface area contributed by atoms with Crippen molar-refractivity contribution < 1.29 is 29.0 Å². The molecular weight excluding hydrogens is 550 g/mol. The van der Waals surface area contributed by atoms with Gasteiger partial charge in [-0.05, 0) is 54.4 Å². The number of nitrogens with one attached hydrogen (secondary N) is 3. The molecule has 4 atom stereocenters. The Bertz CT molecular complexity index is 1130. The number of aromatic nitrogens is 1. The number of benzene rings is 1. The number of hydrogen-bond acceptors (Lipinski definition) is 8. The molecule has 11 nitrogen and oxygen atoms in total. The highest BCUT2D eigenvalue weighted by Gasteiger charge is 2.33. The van der Waals surface area contributed by atoms with Crippen LogP contribution in [0.4, 0.5) is 9.59 Å². The maximum absolute atomic E-state index is 13.2. The molecule has 2 unspecified atom stereocenters. The molecule has 0 spiro atoms. The Kier molecular flexibility index (Phi) is 13.7. The van der Waals surface area contributed by atoms with Gasteiger partial charge < -0.3 is 30.5 Å². The molecule has 3 amide bonds. The maximum atomic E-state index is 13.2. The van der Waals surface area contributed by atoms with Crippen molar-refractivity contribution >= 4 is 18.1 Å². The van der Waals surface area contributed by atoms with Gasteiger partial charge in [-0.25, -0.2) is 9.59 Å².